The number of rotatable bonds is 5. The van der Waals surface area contributed by atoms with Crippen LogP contribution in [0.25, 0.3) is 0 Å². The zero-order valence-corrected chi connectivity index (χ0v) is 11.3. The van der Waals surface area contributed by atoms with Gasteiger partial charge in [0.2, 0.25) is 0 Å². The topological polar surface area (TPSA) is 49.0 Å². The van der Waals surface area contributed by atoms with Gasteiger partial charge < -0.3 is 9.73 Å². The van der Waals surface area contributed by atoms with Crippen LogP contribution < -0.4 is 5.32 Å². The van der Waals surface area contributed by atoms with E-state index < -0.39 is 0 Å². The first kappa shape index (κ1) is 13.2. The highest BCUT2D eigenvalue weighted by molar-refractivity contribution is 5.58. The van der Waals surface area contributed by atoms with Crippen LogP contribution in [0, 0.1) is 18.3 Å². The lowest BCUT2D eigenvalue weighted by Gasteiger charge is -2.16. The van der Waals surface area contributed by atoms with E-state index in [0.717, 1.165) is 29.9 Å². The van der Waals surface area contributed by atoms with E-state index in [-0.39, 0.29) is 0 Å². The molecule has 1 unspecified atom stereocenters. The highest BCUT2D eigenvalue weighted by Crippen LogP contribution is 2.18. The molecule has 3 nitrogen and oxygen atoms in total. The number of nitrogens with one attached hydrogen (secondary N) is 1. The molecule has 2 rings (SSSR count). The van der Waals surface area contributed by atoms with Gasteiger partial charge in [-0.1, -0.05) is 6.07 Å². The summed E-state index contributed by atoms with van der Waals surface area (Å²) in [6.45, 7) is 4.11. The van der Waals surface area contributed by atoms with Crippen LogP contribution in [0.3, 0.4) is 0 Å². The van der Waals surface area contributed by atoms with E-state index >= 15 is 0 Å². The van der Waals surface area contributed by atoms with Crippen molar-refractivity contribution >= 4 is 5.69 Å². The standard InChI is InChI=1S/C16H18N2O/c1-12-5-8-16(14(10-12)11-17)18-13(2)6-7-15-4-3-9-19-15/h3-5,8-10,13,18H,6-7H2,1-2H3. The van der Waals surface area contributed by atoms with Crippen molar-refractivity contribution in [2.24, 2.45) is 0 Å². The van der Waals surface area contributed by atoms with Crippen LogP contribution in [-0.4, -0.2) is 6.04 Å². The summed E-state index contributed by atoms with van der Waals surface area (Å²) in [6.07, 6.45) is 3.56. The van der Waals surface area contributed by atoms with Crippen molar-refractivity contribution in [1.29, 1.82) is 5.26 Å². The summed E-state index contributed by atoms with van der Waals surface area (Å²) < 4.78 is 5.31. The summed E-state index contributed by atoms with van der Waals surface area (Å²) in [7, 11) is 0. The Hall–Kier alpha value is -2.21. The number of hydrogen-bond acceptors (Lipinski definition) is 3. The summed E-state index contributed by atoms with van der Waals surface area (Å²) in [5.41, 5.74) is 2.70. The molecule has 0 amide bonds. The lowest BCUT2D eigenvalue weighted by atomic mass is 10.1. The minimum Gasteiger partial charge on any atom is -0.469 e. The van der Waals surface area contributed by atoms with Gasteiger partial charge >= 0.3 is 0 Å². The summed E-state index contributed by atoms with van der Waals surface area (Å²) in [4.78, 5) is 0. The lowest BCUT2D eigenvalue weighted by molar-refractivity contribution is 0.495. The molecule has 0 spiro atoms. The Balaban J connectivity index is 1.95. The second kappa shape index (κ2) is 6.10. The summed E-state index contributed by atoms with van der Waals surface area (Å²) >= 11 is 0. The average Bonchev–Trinajstić information content (AvgIpc) is 2.91. The molecule has 0 bridgehead atoms. The van der Waals surface area contributed by atoms with Gasteiger partial charge in [0.05, 0.1) is 17.5 Å². The van der Waals surface area contributed by atoms with Gasteiger partial charge in [-0.05, 0) is 50.1 Å². The van der Waals surface area contributed by atoms with Gasteiger partial charge in [-0.25, -0.2) is 0 Å². The van der Waals surface area contributed by atoms with Crippen LogP contribution in [0.5, 0.6) is 0 Å². The van der Waals surface area contributed by atoms with E-state index in [1.165, 1.54) is 0 Å². The third-order valence-electron chi connectivity index (χ3n) is 3.10. The molecule has 1 atom stereocenters. The first-order valence-electron chi connectivity index (χ1n) is 6.48. The quantitative estimate of drug-likeness (QED) is 0.880. The monoisotopic (exact) mass is 254 g/mol. The van der Waals surface area contributed by atoms with Crippen LogP contribution in [0.4, 0.5) is 5.69 Å². The van der Waals surface area contributed by atoms with E-state index in [0.29, 0.717) is 11.6 Å². The van der Waals surface area contributed by atoms with E-state index in [9.17, 15) is 0 Å². The third-order valence-corrected chi connectivity index (χ3v) is 3.10. The van der Waals surface area contributed by atoms with Gasteiger partial charge in [-0.2, -0.15) is 5.26 Å². The molecule has 0 aliphatic rings. The van der Waals surface area contributed by atoms with Crippen LogP contribution in [-0.2, 0) is 6.42 Å². The predicted molar refractivity (Wildman–Crippen MR) is 76.0 cm³/mol. The molecule has 3 heteroatoms. The van der Waals surface area contributed by atoms with Crippen LogP contribution in [0.2, 0.25) is 0 Å². The van der Waals surface area contributed by atoms with Crippen LogP contribution >= 0.6 is 0 Å². The van der Waals surface area contributed by atoms with Gasteiger partial charge in [-0.3, -0.25) is 0 Å². The summed E-state index contributed by atoms with van der Waals surface area (Å²) in [5.74, 6) is 0.998. The number of anilines is 1. The third kappa shape index (κ3) is 3.62. The molecular formula is C16H18N2O. The second-order valence-corrected chi connectivity index (χ2v) is 4.82. The molecule has 1 aromatic heterocycles. The van der Waals surface area contributed by atoms with Crippen molar-refractivity contribution in [3.05, 3.63) is 53.5 Å². The van der Waals surface area contributed by atoms with Gasteiger partial charge in [0, 0.05) is 12.5 Å². The van der Waals surface area contributed by atoms with E-state index in [4.69, 9.17) is 9.68 Å². The highest BCUT2D eigenvalue weighted by Gasteiger charge is 2.07. The maximum absolute atomic E-state index is 9.13. The molecule has 0 fully saturated rings. The summed E-state index contributed by atoms with van der Waals surface area (Å²) in [6, 6.07) is 12.3. The molecular weight excluding hydrogens is 236 g/mol. The van der Waals surface area contributed by atoms with E-state index in [2.05, 4.69) is 18.3 Å². The van der Waals surface area contributed by atoms with Gasteiger partial charge in [0.25, 0.3) is 0 Å². The maximum atomic E-state index is 9.13. The maximum Gasteiger partial charge on any atom is 0.103 e. The molecule has 0 aliphatic carbocycles. The molecule has 1 aromatic carbocycles. The lowest BCUT2D eigenvalue weighted by Crippen LogP contribution is -2.16. The minimum atomic E-state index is 0.292. The van der Waals surface area contributed by atoms with Crippen LogP contribution in [0.15, 0.2) is 41.0 Å². The van der Waals surface area contributed by atoms with Crippen LogP contribution in [0.1, 0.15) is 30.2 Å². The smallest absolute Gasteiger partial charge is 0.103 e. The second-order valence-electron chi connectivity index (χ2n) is 4.82. The highest BCUT2D eigenvalue weighted by atomic mass is 16.3. The fourth-order valence-electron chi connectivity index (χ4n) is 2.03. The first-order valence-corrected chi connectivity index (χ1v) is 6.48. The summed E-state index contributed by atoms with van der Waals surface area (Å²) in [5, 5.41) is 12.5. The molecule has 19 heavy (non-hydrogen) atoms. The Labute approximate surface area is 113 Å². The fourth-order valence-corrected chi connectivity index (χ4v) is 2.03. The molecule has 1 N–H and O–H groups in total. The van der Waals surface area contributed by atoms with Crippen molar-refractivity contribution in [2.75, 3.05) is 5.32 Å². The molecule has 0 saturated heterocycles. The Kier molecular flexibility index (Phi) is 4.25. The number of hydrogen-bond donors (Lipinski definition) is 1. The number of nitrogens with zero attached hydrogens (tertiary/aromatic N) is 1. The zero-order chi connectivity index (χ0) is 13.7. The molecule has 98 valence electrons. The number of nitriles is 1. The Morgan fingerprint density at radius 2 is 2.21 bits per heavy atom. The van der Waals surface area contributed by atoms with E-state index in [1.54, 1.807) is 6.26 Å². The molecule has 0 saturated carbocycles. The average molecular weight is 254 g/mol. The van der Waals surface area contributed by atoms with Crippen molar-refractivity contribution in [1.82, 2.24) is 0 Å². The first-order chi connectivity index (χ1) is 9.19. The van der Waals surface area contributed by atoms with Gasteiger partial charge in [0.15, 0.2) is 0 Å². The minimum absolute atomic E-state index is 0.292. The SMILES string of the molecule is Cc1ccc(NC(C)CCc2ccco2)c(C#N)c1. The fraction of sp³-hybridized carbons (Fsp3) is 0.312. The predicted octanol–water partition coefficient (Wildman–Crippen LogP) is 3.89. The number of benzene rings is 1. The zero-order valence-electron chi connectivity index (χ0n) is 11.3. The number of furan rings is 1. The van der Waals surface area contributed by atoms with Gasteiger partial charge in [-0.15, -0.1) is 0 Å². The Bertz CT molecular complexity index is 567. The molecule has 0 radical (unpaired) electrons. The molecule has 0 aliphatic heterocycles. The largest absolute Gasteiger partial charge is 0.469 e. The van der Waals surface area contributed by atoms with Crippen molar-refractivity contribution in [2.45, 2.75) is 32.7 Å². The van der Waals surface area contributed by atoms with Crippen molar-refractivity contribution in [3.8, 4) is 6.07 Å². The Morgan fingerprint density at radius 1 is 1.37 bits per heavy atom. The molecule has 1 heterocycles. The Morgan fingerprint density at radius 3 is 2.89 bits per heavy atom. The van der Waals surface area contributed by atoms with Gasteiger partial charge in [0.1, 0.15) is 11.8 Å². The van der Waals surface area contributed by atoms with Crippen molar-refractivity contribution in [3.63, 3.8) is 0 Å². The number of aryl methyl sites for hydroxylation is 2. The van der Waals surface area contributed by atoms with E-state index in [1.807, 2.05) is 37.3 Å². The normalized spacial score (nSPS) is 11.8. The van der Waals surface area contributed by atoms with Crippen molar-refractivity contribution < 1.29 is 4.42 Å². The molecule has 2 aromatic rings.